The van der Waals surface area contributed by atoms with E-state index in [0.29, 0.717) is 12.1 Å². The summed E-state index contributed by atoms with van der Waals surface area (Å²) < 4.78 is 41.0. The van der Waals surface area contributed by atoms with Crippen LogP contribution in [0.25, 0.3) is 0 Å². The minimum absolute atomic E-state index is 0.357. The fraction of sp³-hybridized carbons (Fsp3) is 0.333. The van der Waals surface area contributed by atoms with Crippen LogP contribution < -0.4 is 5.32 Å². The summed E-state index contributed by atoms with van der Waals surface area (Å²) in [4.78, 5) is 0.929. The van der Waals surface area contributed by atoms with Gasteiger partial charge in [-0.3, -0.25) is 0 Å². The van der Waals surface area contributed by atoms with Gasteiger partial charge in [0.15, 0.2) is 17.5 Å². The van der Waals surface area contributed by atoms with Crippen LogP contribution in [0.15, 0.2) is 22.0 Å². The molecule has 6 heteroatoms. The summed E-state index contributed by atoms with van der Waals surface area (Å²) in [5, 5.41) is 3.25. The first-order valence-electron chi connectivity index (χ1n) is 6.57. The van der Waals surface area contributed by atoms with Crippen LogP contribution in [0.3, 0.4) is 0 Å². The Morgan fingerprint density at radius 1 is 1.19 bits per heavy atom. The van der Waals surface area contributed by atoms with Gasteiger partial charge < -0.3 is 5.32 Å². The maximum atomic E-state index is 13.5. The van der Waals surface area contributed by atoms with Crippen LogP contribution >= 0.6 is 27.3 Å². The number of benzene rings is 1. The molecule has 2 aromatic rings. The lowest BCUT2D eigenvalue weighted by molar-refractivity contribution is 0.442. The van der Waals surface area contributed by atoms with Crippen LogP contribution in [0, 0.1) is 24.4 Å². The molecule has 2 rings (SSSR count). The van der Waals surface area contributed by atoms with Crippen LogP contribution in [-0.2, 0) is 0 Å². The molecular formula is C15H15BrF3NS. The monoisotopic (exact) mass is 377 g/mol. The van der Waals surface area contributed by atoms with Gasteiger partial charge in [0.25, 0.3) is 0 Å². The SMILES string of the molecule is CCCNC(c1cc(F)c(F)c(F)c1)c1cc(C)c(Br)s1. The zero-order chi connectivity index (χ0) is 15.6. The molecule has 114 valence electrons. The summed E-state index contributed by atoms with van der Waals surface area (Å²) in [6.07, 6.45) is 0.883. The van der Waals surface area contributed by atoms with Gasteiger partial charge in [0, 0.05) is 4.88 Å². The molecule has 0 bridgehead atoms. The molecule has 0 saturated heterocycles. The van der Waals surface area contributed by atoms with Gasteiger partial charge >= 0.3 is 0 Å². The fourth-order valence-electron chi connectivity index (χ4n) is 2.04. The predicted molar refractivity (Wildman–Crippen MR) is 83.2 cm³/mol. The van der Waals surface area contributed by atoms with Gasteiger partial charge in [0.2, 0.25) is 0 Å². The van der Waals surface area contributed by atoms with E-state index < -0.39 is 17.5 Å². The molecule has 1 heterocycles. The van der Waals surface area contributed by atoms with Crippen molar-refractivity contribution in [2.24, 2.45) is 0 Å². The van der Waals surface area contributed by atoms with Crippen LogP contribution in [0.4, 0.5) is 13.2 Å². The van der Waals surface area contributed by atoms with Crippen molar-refractivity contribution < 1.29 is 13.2 Å². The zero-order valence-corrected chi connectivity index (χ0v) is 14.0. The molecule has 1 unspecified atom stereocenters. The van der Waals surface area contributed by atoms with Crippen LogP contribution in [0.1, 0.15) is 35.4 Å². The van der Waals surface area contributed by atoms with Crippen molar-refractivity contribution in [1.82, 2.24) is 5.32 Å². The summed E-state index contributed by atoms with van der Waals surface area (Å²) in [6.45, 7) is 4.65. The molecule has 0 radical (unpaired) electrons. The normalized spacial score (nSPS) is 12.7. The predicted octanol–water partition coefficient (Wildman–Crippen LogP) is 5.33. The Kier molecular flexibility index (Phi) is 5.46. The molecule has 0 aliphatic heterocycles. The van der Waals surface area contributed by atoms with Crippen LogP contribution in [-0.4, -0.2) is 6.54 Å². The van der Waals surface area contributed by atoms with E-state index in [0.717, 1.165) is 32.8 Å². The van der Waals surface area contributed by atoms with E-state index in [1.807, 2.05) is 19.9 Å². The highest BCUT2D eigenvalue weighted by Gasteiger charge is 2.20. The fourth-order valence-corrected chi connectivity index (χ4v) is 3.71. The number of hydrogen-bond donors (Lipinski definition) is 1. The van der Waals surface area contributed by atoms with Gasteiger partial charge in [0.05, 0.1) is 9.83 Å². The quantitative estimate of drug-likeness (QED) is 0.694. The number of thiophene rings is 1. The highest BCUT2D eigenvalue weighted by atomic mass is 79.9. The largest absolute Gasteiger partial charge is 0.306 e. The van der Waals surface area contributed by atoms with Gasteiger partial charge in [0.1, 0.15) is 0 Å². The topological polar surface area (TPSA) is 12.0 Å². The second-order valence-electron chi connectivity index (χ2n) is 4.79. The van der Waals surface area contributed by atoms with Gasteiger partial charge in [-0.1, -0.05) is 6.92 Å². The summed E-state index contributed by atoms with van der Waals surface area (Å²) in [7, 11) is 0. The number of nitrogens with one attached hydrogen (secondary N) is 1. The number of aryl methyl sites for hydroxylation is 1. The van der Waals surface area contributed by atoms with Crippen molar-refractivity contribution in [1.29, 1.82) is 0 Å². The number of hydrogen-bond acceptors (Lipinski definition) is 2. The van der Waals surface area contributed by atoms with Gasteiger partial charge in [-0.15, -0.1) is 11.3 Å². The summed E-state index contributed by atoms with van der Waals surface area (Å²) in [5.74, 6) is -3.77. The Bertz CT molecular complexity index is 599. The third-order valence-electron chi connectivity index (χ3n) is 3.10. The van der Waals surface area contributed by atoms with Gasteiger partial charge in [-0.25, -0.2) is 13.2 Å². The molecule has 1 aromatic heterocycles. The summed E-state index contributed by atoms with van der Waals surface area (Å²) >= 11 is 4.95. The maximum absolute atomic E-state index is 13.5. The average molecular weight is 378 g/mol. The third-order valence-corrected chi connectivity index (χ3v) is 5.30. The van der Waals surface area contributed by atoms with E-state index in [1.54, 1.807) is 0 Å². The van der Waals surface area contributed by atoms with Crippen molar-refractivity contribution in [3.8, 4) is 0 Å². The van der Waals surface area contributed by atoms with Crippen LogP contribution in [0.5, 0.6) is 0 Å². The Balaban J connectivity index is 2.45. The minimum Gasteiger partial charge on any atom is -0.306 e. The lowest BCUT2D eigenvalue weighted by atomic mass is 10.0. The second-order valence-corrected chi connectivity index (χ2v) is 7.19. The third kappa shape index (κ3) is 3.67. The molecule has 1 nitrogen and oxygen atoms in total. The standard InChI is InChI=1S/C15H15BrF3NS/c1-3-4-20-14(12-5-8(2)15(16)21-12)9-6-10(17)13(19)11(18)7-9/h5-7,14,20H,3-4H2,1-2H3. The van der Waals surface area contributed by atoms with E-state index in [-0.39, 0.29) is 6.04 Å². The van der Waals surface area contributed by atoms with E-state index in [9.17, 15) is 13.2 Å². The van der Waals surface area contributed by atoms with Crippen molar-refractivity contribution in [3.05, 3.63) is 55.4 Å². The first kappa shape index (κ1) is 16.5. The molecule has 0 amide bonds. The molecule has 0 spiro atoms. The van der Waals surface area contributed by atoms with Crippen LogP contribution in [0.2, 0.25) is 0 Å². The van der Waals surface area contributed by atoms with E-state index >= 15 is 0 Å². The Morgan fingerprint density at radius 3 is 2.29 bits per heavy atom. The summed E-state index contributed by atoms with van der Waals surface area (Å²) in [6, 6.07) is 3.70. The molecule has 0 aliphatic rings. The molecule has 1 aromatic carbocycles. The van der Waals surface area contributed by atoms with E-state index in [4.69, 9.17) is 0 Å². The Labute approximate surface area is 134 Å². The number of halogens is 4. The minimum atomic E-state index is -1.43. The Morgan fingerprint density at radius 2 is 1.81 bits per heavy atom. The van der Waals surface area contributed by atoms with Crippen molar-refractivity contribution in [2.75, 3.05) is 6.54 Å². The molecule has 0 saturated carbocycles. The highest BCUT2D eigenvalue weighted by molar-refractivity contribution is 9.11. The first-order valence-corrected chi connectivity index (χ1v) is 8.18. The number of rotatable bonds is 5. The Hall–Kier alpha value is -0.850. The summed E-state index contributed by atoms with van der Waals surface area (Å²) in [5.41, 5.74) is 1.44. The lowest BCUT2D eigenvalue weighted by Gasteiger charge is -2.18. The van der Waals surface area contributed by atoms with Crippen molar-refractivity contribution in [2.45, 2.75) is 26.3 Å². The molecule has 0 aliphatic carbocycles. The van der Waals surface area contributed by atoms with Gasteiger partial charge in [-0.2, -0.15) is 0 Å². The molecule has 1 atom stereocenters. The maximum Gasteiger partial charge on any atom is 0.194 e. The lowest BCUT2D eigenvalue weighted by Crippen LogP contribution is -2.23. The molecule has 21 heavy (non-hydrogen) atoms. The highest BCUT2D eigenvalue weighted by Crippen LogP contribution is 2.35. The van der Waals surface area contributed by atoms with E-state index in [2.05, 4.69) is 21.2 Å². The zero-order valence-electron chi connectivity index (χ0n) is 11.6. The molecule has 0 fully saturated rings. The average Bonchev–Trinajstić information content (AvgIpc) is 2.76. The first-order chi connectivity index (χ1) is 9.93. The molecular weight excluding hydrogens is 363 g/mol. The molecule has 1 N–H and O–H groups in total. The van der Waals surface area contributed by atoms with Crippen molar-refractivity contribution >= 4 is 27.3 Å². The van der Waals surface area contributed by atoms with Gasteiger partial charge in [-0.05, 0) is 65.1 Å². The van der Waals surface area contributed by atoms with E-state index in [1.165, 1.54) is 11.3 Å². The van der Waals surface area contributed by atoms with Crippen molar-refractivity contribution in [3.63, 3.8) is 0 Å². The second kappa shape index (κ2) is 6.94. The smallest absolute Gasteiger partial charge is 0.194 e.